The van der Waals surface area contributed by atoms with Crippen LogP contribution in [-0.2, 0) is 6.11 Å². The minimum Gasteiger partial charge on any atom is -0.489 e. The molecule has 204 valence electrons. The van der Waals surface area contributed by atoms with Gasteiger partial charge < -0.3 is 9.47 Å². The largest absolute Gasteiger partial charge is 0.489 e. The van der Waals surface area contributed by atoms with E-state index in [1.54, 1.807) is 6.07 Å². The van der Waals surface area contributed by atoms with Crippen LogP contribution < -0.4 is 9.47 Å². The summed E-state index contributed by atoms with van der Waals surface area (Å²) in [6.45, 7) is 3.73. The number of thiazole rings is 1. The first-order valence-corrected chi connectivity index (χ1v) is 12.3. The summed E-state index contributed by atoms with van der Waals surface area (Å²) in [5, 5.41) is -0.736. The van der Waals surface area contributed by atoms with Gasteiger partial charge in [-0.25, -0.2) is 26.9 Å². The molecule has 0 aliphatic rings. The summed E-state index contributed by atoms with van der Waals surface area (Å²) in [6.07, 6.45) is -2.47. The molecule has 0 saturated carbocycles. The molecule has 40 heavy (non-hydrogen) atoms. The Balaban J connectivity index is 1.39. The van der Waals surface area contributed by atoms with Crippen LogP contribution in [0.5, 0.6) is 11.5 Å². The van der Waals surface area contributed by atoms with Gasteiger partial charge in [-0.1, -0.05) is 18.7 Å². The molecule has 0 saturated heterocycles. The Bertz CT molecular complexity index is 1730. The van der Waals surface area contributed by atoms with Gasteiger partial charge in [0.05, 0.1) is 10.2 Å². The van der Waals surface area contributed by atoms with Gasteiger partial charge in [0.2, 0.25) is 5.01 Å². The van der Waals surface area contributed by atoms with Crippen LogP contribution in [0.4, 0.5) is 30.7 Å². The molecular formula is C29H16F7NO2S. The number of rotatable bonds is 8. The molecule has 0 unspecified atom stereocenters. The number of ether oxygens (including phenoxy) is 2. The molecule has 0 spiro atoms. The van der Waals surface area contributed by atoms with Gasteiger partial charge in [-0.3, -0.25) is 0 Å². The first-order chi connectivity index (χ1) is 19.1. The van der Waals surface area contributed by atoms with Crippen LogP contribution >= 0.6 is 11.3 Å². The third-order valence-electron chi connectivity index (χ3n) is 5.74. The average molecular weight is 576 g/mol. The Kier molecular flexibility index (Phi) is 7.24. The fraction of sp³-hybridized carbons (Fsp3) is 0.0690. The van der Waals surface area contributed by atoms with Crippen molar-refractivity contribution in [1.29, 1.82) is 0 Å². The van der Waals surface area contributed by atoms with E-state index >= 15 is 8.78 Å². The molecule has 0 bridgehead atoms. The highest BCUT2D eigenvalue weighted by Crippen LogP contribution is 2.39. The zero-order valence-electron chi connectivity index (χ0n) is 20.2. The summed E-state index contributed by atoms with van der Waals surface area (Å²) in [5.41, 5.74) is 0.173. The highest BCUT2D eigenvalue weighted by Gasteiger charge is 2.39. The molecule has 4 aromatic carbocycles. The van der Waals surface area contributed by atoms with Crippen LogP contribution in [0, 0.1) is 29.1 Å². The van der Waals surface area contributed by atoms with E-state index < -0.39 is 46.0 Å². The average Bonchev–Trinajstić information content (AvgIpc) is 3.35. The van der Waals surface area contributed by atoms with E-state index in [-0.39, 0.29) is 28.8 Å². The minimum absolute atomic E-state index is 0.204. The molecule has 0 aliphatic heterocycles. The van der Waals surface area contributed by atoms with Gasteiger partial charge in [-0.15, -0.1) is 11.3 Å². The molecule has 0 fully saturated rings. The molecule has 11 heteroatoms. The lowest BCUT2D eigenvalue weighted by Gasteiger charge is -2.16. The van der Waals surface area contributed by atoms with Crippen LogP contribution in [0.1, 0.15) is 5.01 Å². The normalized spacial score (nSPS) is 11.6. The van der Waals surface area contributed by atoms with Crippen molar-refractivity contribution in [3.63, 3.8) is 0 Å². The molecule has 1 heterocycles. The number of halogens is 7. The van der Waals surface area contributed by atoms with Crippen LogP contribution in [0.25, 0.3) is 32.5 Å². The van der Waals surface area contributed by atoms with E-state index in [9.17, 15) is 22.0 Å². The van der Waals surface area contributed by atoms with Crippen molar-refractivity contribution in [3.8, 4) is 33.8 Å². The zero-order valence-corrected chi connectivity index (χ0v) is 21.0. The summed E-state index contributed by atoms with van der Waals surface area (Å²) in [4.78, 5) is 3.91. The van der Waals surface area contributed by atoms with Crippen molar-refractivity contribution in [2.45, 2.75) is 6.11 Å². The smallest absolute Gasteiger partial charge is 0.454 e. The molecule has 0 radical (unpaired) electrons. The van der Waals surface area contributed by atoms with Gasteiger partial charge in [0, 0.05) is 23.3 Å². The second-order valence-electron chi connectivity index (χ2n) is 8.46. The van der Waals surface area contributed by atoms with Crippen molar-refractivity contribution < 1.29 is 40.2 Å². The Morgan fingerprint density at radius 2 is 1.38 bits per heavy atom. The van der Waals surface area contributed by atoms with Crippen molar-refractivity contribution >= 4 is 21.6 Å². The number of fused-ring (bicyclic) bond motifs is 1. The van der Waals surface area contributed by atoms with Crippen molar-refractivity contribution in [3.05, 3.63) is 113 Å². The van der Waals surface area contributed by atoms with Gasteiger partial charge in [0.25, 0.3) is 0 Å². The van der Waals surface area contributed by atoms with Gasteiger partial charge in [0.15, 0.2) is 17.5 Å². The summed E-state index contributed by atoms with van der Waals surface area (Å²) in [5.74, 6) is -6.76. The predicted octanol–water partition coefficient (Wildman–Crippen LogP) is 9.02. The molecular weight excluding hydrogens is 559 g/mol. The number of hydrogen-bond donors (Lipinski definition) is 0. The third kappa shape index (κ3) is 5.37. The third-order valence-corrected chi connectivity index (χ3v) is 6.81. The first kappa shape index (κ1) is 27.2. The van der Waals surface area contributed by atoms with Crippen LogP contribution in [0.15, 0.2) is 79.4 Å². The maximum atomic E-state index is 15.0. The van der Waals surface area contributed by atoms with E-state index in [0.717, 1.165) is 12.1 Å². The number of hydrogen-bond acceptors (Lipinski definition) is 4. The van der Waals surface area contributed by atoms with Crippen LogP contribution in [0.3, 0.4) is 0 Å². The van der Waals surface area contributed by atoms with E-state index in [0.29, 0.717) is 45.5 Å². The maximum Gasteiger partial charge on any atom is 0.454 e. The number of nitrogens with zero attached hydrogens (tertiary/aromatic N) is 1. The zero-order chi connectivity index (χ0) is 28.6. The van der Waals surface area contributed by atoms with Gasteiger partial charge >= 0.3 is 6.11 Å². The molecule has 0 aliphatic carbocycles. The first-order valence-electron chi connectivity index (χ1n) is 11.5. The Labute approximate surface area is 226 Å². The minimum atomic E-state index is -3.98. The molecule has 0 atom stereocenters. The fourth-order valence-corrected chi connectivity index (χ4v) is 4.80. The second kappa shape index (κ2) is 10.6. The molecule has 0 amide bonds. The number of alkyl halides is 2. The highest BCUT2D eigenvalue weighted by molar-refractivity contribution is 7.18. The summed E-state index contributed by atoms with van der Waals surface area (Å²) >= 11 is 0.604. The van der Waals surface area contributed by atoms with Crippen LogP contribution in [-0.4, -0.2) is 11.6 Å². The number of aromatic nitrogens is 1. The van der Waals surface area contributed by atoms with Gasteiger partial charge in [-0.2, -0.15) is 8.78 Å². The fourth-order valence-electron chi connectivity index (χ4n) is 3.89. The lowest BCUT2D eigenvalue weighted by atomic mass is 10.0. The van der Waals surface area contributed by atoms with Crippen molar-refractivity contribution in [2.75, 3.05) is 6.61 Å². The molecule has 0 N–H and O–H groups in total. The summed E-state index contributed by atoms with van der Waals surface area (Å²) in [6, 6.07) is 12.5. The molecule has 5 rings (SSSR count). The lowest BCUT2D eigenvalue weighted by Crippen LogP contribution is -2.21. The predicted molar refractivity (Wildman–Crippen MR) is 137 cm³/mol. The number of benzene rings is 4. The monoisotopic (exact) mass is 575 g/mol. The van der Waals surface area contributed by atoms with E-state index in [1.807, 2.05) is 0 Å². The standard InChI is InChI=1S/C29H16F7NO2S/c1-2-9-38-17-4-6-19(21(30)13-17)15-3-8-25-26(12-15)40-28(37-25)29(35,36)39-18-5-7-20(22(31)14-18)16-10-23(32)27(34)24(33)11-16/h2-8,10-14H,1,9H2. The highest BCUT2D eigenvalue weighted by atomic mass is 32.1. The SMILES string of the molecule is C=CCOc1ccc(-c2ccc3nc(C(F)(F)Oc4ccc(-c5cc(F)c(F)c(F)c5)c(F)c4)sc3c2)c(F)c1. The van der Waals surface area contributed by atoms with Gasteiger partial charge in [-0.05, 0) is 59.7 Å². The van der Waals surface area contributed by atoms with E-state index in [4.69, 9.17) is 9.47 Å². The van der Waals surface area contributed by atoms with E-state index in [1.165, 1.54) is 36.4 Å². The summed E-state index contributed by atoms with van der Waals surface area (Å²) in [7, 11) is 0. The molecule has 1 aromatic heterocycles. The Morgan fingerprint density at radius 3 is 2.02 bits per heavy atom. The Morgan fingerprint density at radius 1 is 0.750 bits per heavy atom. The maximum absolute atomic E-state index is 15.0. The van der Waals surface area contributed by atoms with E-state index in [2.05, 4.69) is 11.6 Å². The summed E-state index contributed by atoms with van der Waals surface area (Å²) < 4.78 is 110. The Hall–Kier alpha value is -4.38. The second-order valence-corrected chi connectivity index (χ2v) is 9.49. The lowest BCUT2D eigenvalue weighted by molar-refractivity contribution is -0.185. The van der Waals surface area contributed by atoms with Crippen LogP contribution in [0.2, 0.25) is 0 Å². The van der Waals surface area contributed by atoms with Crippen molar-refractivity contribution in [2.24, 2.45) is 0 Å². The topological polar surface area (TPSA) is 31.4 Å². The van der Waals surface area contributed by atoms with Gasteiger partial charge in [0.1, 0.15) is 29.7 Å². The quantitative estimate of drug-likeness (QED) is 0.105. The van der Waals surface area contributed by atoms with Crippen molar-refractivity contribution in [1.82, 2.24) is 4.98 Å². The molecule has 3 nitrogen and oxygen atoms in total. The molecule has 5 aromatic rings.